The third-order valence-electron chi connectivity index (χ3n) is 3.75. The second-order valence-electron chi connectivity index (χ2n) is 5.38. The average Bonchev–Trinajstić information content (AvgIpc) is 2.89. The van der Waals surface area contributed by atoms with Crippen LogP contribution < -0.4 is 4.74 Å². The summed E-state index contributed by atoms with van der Waals surface area (Å²) in [7, 11) is 0. The highest BCUT2D eigenvalue weighted by molar-refractivity contribution is 5.96. The Labute approximate surface area is 126 Å². The van der Waals surface area contributed by atoms with Gasteiger partial charge >= 0.3 is 6.18 Å². The standard InChI is InChI=1S/C17H14F3NO/c1-10(21)11-3-2-4-12(7-11)16-9-13-8-14(17(18,19)20)5-6-15(13)22-16/h2-8,16,21H,9H2,1H3. The predicted octanol–water partition coefficient (Wildman–Crippen LogP) is 4.77. The molecule has 0 aliphatic carbocycles. The van der Waals surface area contributed by atoms with Crippen LogP contribution in [0.4, 0.5) is 13.2 Å². The number of hydrogen-bond donors (Lipinski definition) is 1. The Kier molecular flexibility index (Phi) is 3.43. The van der Waals surface area contributed by atoms with E-state index in [9.17, 15) is 13.2 Å². The summed E-state index contributed by atoms with van der Waals surface area (Å²) in [5, 5.41) is 7.66. The number of hydrogen-bond acceptors (Lipinski definition) is 2. The normalized spacial score (nSPS) is 17.0. The first-order valence-electron chi connectivity index (χ1n) is 6.87. The summed E-state index contributed by atoms with van der Waals surface area (Å²) >= 11 is 0. The lowest BCUT2D eigenvalue weighted by molar-refractivity contribution is -0.137. The van der Waals surface area contributed by atoms with Gasteiger partial charge in [-0.3, -0.25) is 0 Å². The Balaban J connectivity index is 1.88. The number of benzene rings is 2. The van der Waals surface area contributed by atoms with E-state index in [4.69, 9.17) is 10.1 Å². The second kappa shape index (κ2) is 5.16. The van der Waals surface area contributed by atoms with E-state index in [0.717, 1.165) is 23.3 Å². The third-order valence-corrected chi connectivity index (χ3v) is 3.75. The zero-order valence-electron chi connectivity index (χ0n) is 11.9. The zero-order valence-corrected chi connectivity index (χ0v) is 11.9. The molecule has 1 unspecified atom stereocenters. The maximum Gasteiger partial charge on any atom is 0.416 e. The predicted molar refractivity (Wildman–Crippen MR) is 77.5 cm³/mol. The van der Waals surface area contributed by atoms with E-state index in [1.807, 2.05) is 24.3 Å². The van der Waals surface area contributed by atoms with Crippen molar-refractivity contribution < 1.29 is 17.9 Å². The SMILES string of the molecule is CC(=N)c1cccc(C2Cc3cc(C(F)(F)F)ccc3O2)c1. The van der Waals surface area contributed by atoms with E-state index in [-0.39, 0.29) is 6.10 Å². The molecule has 0 saturated carbocycles. The van der Waals surface area contributed by atoms with Gasteiger partial charge in [-0.1, -0.05) is 18.2 Å². The minimum atomic E-state index is -4.34. The van der Waals surface area contributed by atoms with Gasteiger partial charge in [0.15, 0.2) is 0 Å². The molecular weight excluding hydrogens is 291 g/mol. The van der Waals surface area contributed by atoms with Crippen molar-refractivity contribution in [1.29, 1.82) is 5.41 Å². The van der Waals surface area contributed by atoms with E-state index in [1.54, 1.807) is 6.92 Å². The molecule has 2 aromatic rings. The molecule has 0 fully saturated rings. The van der Waals surface area contributed by atoms with Crippen molar-refractivity contribution in [2.45, 2.75) is 25.6 Å². The van der Waals surface area contributed by atoms with Gasteiger partial charge in [-0.15, -0.1) is 0 Å². The first-order valence-corrected chi connectivity index (χ1v) is 6.87. The molecule has 1 aliphatic rings. The fourth-order valence-corrected chi connectivity index (χ4v) is 2.58. The number of rotatable bonds is 2. The van der Waals surface area contributed by atoms with Gasteiger partial charge in [0.25, 0.3) is 0 Å². The first kappa shape index (κ1) is 14.6. The quantitative estimate of drug-likeness (QED) is 0.797. The summed E-state index contributed by atoms with van der Waals surface area (Å²) in [6.07, 6.45) is -4.25. The van der Waals surface area contributed by atoms with E-state index in [2.05, 4.69) is 0 Å². The van der Waals surface area contributed by atoms with Crippen LogP contribution in [0.2, 0.25) is 0 Å². The van der Waals surface area contributed by atoms with Gasteiger partial charge < -0.3 is 10.1 Å². The molecule has 0 saturated heterocycles. The Morgan fingerprint density at radius 1 is 1.18 bits per heavy atom. The minimum Gasteiger partial charge on any atom is -0.485 e. The lowest BCUT2D eigenvalue weighted by Crippen LogP contribution is -2.05. The topological polar surface area (TPSA) is 33.1 Å². The van der Waals surface area contributed by atoms with Crippen LogP contribution in [0.3, 0.4) is 0 Å². The van der Waals surface area contributed by atoms with Crippen molar-refractivity contribution in [3.05, 3.63) is 64.7 Å². The molecular formula is C17H14F3NO. The van der Waals surface area contributed by atoms with Crippen LogP contribution in [0, 0.1) is 5.41 Å². The Hall–Kier alpha value is -2.30. The molecule has 2 aromatic carbocycles. The molecule has 0 aromatic heterocycles. The molecule has 22 heavy (non-hydrogen) atoms. The lowest BCUT2D eigenvalue weighted by atomic mass is 9.99. The number of halogens is 3. The highest BCUT2D eigenvalue weighted by Crippen LogP contribution is 2.40. The van der Waals surface area contributed by atoms with E-state index >= 15 is 0 Å². The zero-order chi connectivity index (χ0) is 15.9. The maximum absolute atomic E-state index is 12.8. The molecule has 0 amide bonds. The van der Waals surface area contributed by atoms with E-state index in [1.165, 1.54) is 6.07 Å². The van der Waals surface area contributed by atoms with Crippen LogP contribution in [0.25, 0.3) is 0 Å². The van der Waals surface area contributed by atoms with Crippen LogP contribution in [0.1, 0.15) is 35.3 Å². The highest BCUT2D eigenvalue weighted by atomic mass is 19.4. The summed E-state index contributed by atoms with van der Waals surface area (Å²) < 4.78 is 44.0. The van der Waals surface area contributed by atoms with Crippen molar-refractivity contribution in [2.75, 3.05) is 0 Å². The molecule has 3 rings (SSSR count). The van der Waals surface area contributed by atoms with Crippen molar-refractivity contribution in [2.24, 2.45) is 0 Å². The molecule has 1 aliphatic heterocycles. The lowest BCUT2D eigenvalue weighted by Gasteiger charge is -2.12. The molecule has 1 N–H and O–H groups in total. The number of ether oxygens (including phenoxy) is 1. The fourth-order valence-electron chi connectivity index (χ4n) is 2.58. The number of nitrogens with one attached hydrogen (secondary N) is 1. The number of alkyl halides is 3. The summed E-state index contributed by atoms with van der Waals surface area (Å²) in [6.45, 7) is 1.69. The van der Waals surface area contributed by atoms with Crippen molar-refractivity contribution in [3.63, 3.8) is 0 Å². The largest absolute Gasteiger partial charge is 0.485 e. The second-order valence-corrected chi connectivity index (χ2v) is 5.38. The minimum absolute atomic E-state index is 0.308. The van der Waals surface area contributed by atoms with Crippen LogP contribution >= 0.6 is 0 Å². The van der Waals surface area contributed by atoms with Gasteiger partial charge in [-0.25, -0.2) is 0 Å². The van der Waals surface area contributed by atoms with E-state index in [0.29, 0.717) is 23.4 Å². The molecule has 1 heterocycles. The first-order chi connectivity index (χ1) is 10.3. The average molecular weight is 305 g/mol. The molecule has 2 nitrogen and oxygen atoms in total. The highest BCUT2D eigenvalue weighted by Gasteiger charge is 2.33. The van der Waals surface area contributed by atoms with Crippen molar-refractivity contribution >= 4 is 5.71 Å². The molecule has 114 valence electrons. The van der Waals surface area contributed by atoms with Gasteiger partial charge in [0.05, 0.1) is 5.56 Å². The van der Waals surface area contributed by atoms with Gasteiger partial charge in [0, 0.05) is 12.1 Å². The molecule has 0 bridgehead atoms. The third kappa shape index (κ3) is 2.71. The van der Waals surface area contributed by atoms with Crippen LogP contribution in [-0.4, -0.2) is 5.71 Å². The van der Waals surface area contributed by atoms with Crippen LogP contribution in [0.5, 0.6) is 5.75 Å². The smallest absolute Gasteiger partial charge is 0.416 e. The maximum atomic E-state index is 12.8. The Morgan fingerprint density at radius 3 is 2.64 bits per heavy atom. The number of fused-ring (bicyclic) bond motifs is 1. The van der Waals surface area contributed by atoms with Crippen LogP contribution in [-0.2, 0) is 12.6 Å². The molecule has 5 heteroatoms. The monoisotopic (exact) mass is 305 g/mol. The van der Waals surface area contributed by atoms with Crippen molar-refractivity contribution in [1.82, 2.24) is 0 Å². The molecule has 0 radical (unpaired) electrons. The van der Waals surface area contributed by atoms with Gasteiger partial charge in [-0.05, 0) is 47.9 Å². The van der Waals surface area contributed by atoms with Crippen molar-refractivity contribution in [3.8, 4) is 5.75 Å². The Bertz CT molecular complexity index is 737. The van der Waals surface area contributed by atoms with Gasteiger partial charge in [-0.2, -0.15) is 13.2 Å². The van der Waals surface area contributed by atoms with Gasteiger partial charge in [0.2, 0.25) is 0 Å². The Morgan fingerprint density at radius 2 is 1.95 bits per heavy atom. The van der Waals surface area contributed by atoms with Gasteiger partial charge in [0.1, 0.15) is 11.9 Å². The van der Waals surface area contributed by atoms with Crippen LogP contribution in [0.15, 0.2) is 42.5 Å². The van der Waals surface area contributed by atoms with E-state index < -0.39 is 11.7 Å². The summed E-state index contributed by atoms with van der Waals surface area (Å²) in [5.74, 6) is 0.495. The molecule has 0 spiro atoms. The molecule has 1 atom stereocenters. The summed E-state index contributed by atoms with van der Waals surface area (Å²) in [5.41, 5.74) is 2.01. The summed E-state index contributed by atoms with van der Waals surface area (Å²) in [6, 6.07) is 11.0. The fraction of sp³-hybridized carbons (Fsp3) is 0.235. The summed E-state index contributed by atoms with van der Waals surface area (Å²) in [4.78, 5) is 0.